The van der Waals surface area contributed by atoms with E-state index in [-0.39, 0.29) is 6.04 Å². The fourth-order valence-corrected chi connectivity index (χ4v) is 1.99. The van der Waals surface area contributed by atoms with Gasteiger partial charge in [-0.2, -0.15) is 5.26 Å². The van der Waals surface area contributed by atoms with Crippen LogP contribution in [-0.2, 0) is 6.42 Å². The average Bonchev–Trinajstić information content (AvgIpc) is 2.78. The molecule has 0 spiro atoms. The van der Waals surface area contributed by atoms with Crippen LogP contribution in [0.3, 0.4) is 0 Å². The summed E-state index contributed by atoms with van der Waals surface area (Å²) in [6.07, 6.45) is 1.38. The van der Waals surface area contributed by atoms with Crippen LogP contribution in [0.25, 0.3) is 11.0 Å². The van der Waals surface area contributed by atoms with Gasteiger partial charge in [0.25, 0.3) is 0 Å². The zero-order valence-electron chi connectivity index (χ0n) is 11.3. The van der Waals surface area contributed by atoms with Gasteiger partial charge in [-0.1, -0.05) is 0 Å². The molecule has 5 heteroatoms. The number of anilines is 1. The Hall–Kier alpha value is -2.06. The predicted octanol–water partition coefficient (Wildman–Crippen LogP) is 1.92. The average molecular weight is 257 g/mol. The number of nitrogen functional groups attached to an aromatic ring is 1. The van der Waals surface area contributed by atoms with E-state index < -0.39 is 0 Å². The normalized spacial score (nSPS) is 12.7. The zero-order valence-corrected chi connectivity index (χ0v) is 11.3. The van der Waals surface area contributed by atoms with Gasteiger partial charge in [0, 0.05) is 24.7 Å². The molecule has 2 rings (SSSR count). The second kappa shape index (κ2) is 5.72. The maximum absolute atomic E-state index is 8.69. The summed E-state index contributed by atoms with van der Waals surface area (Å²) in [5.41, 5.74) is 8.40. The third-order valence-electron chi connectivity index (χ3n) is 3.40. The Morgan fingerprint density at radius 2 is 2.32 bits per heavy atom. The smallest absolute Gasteiger partial charge is 0.108 e. The maximum atomic E-state index is 8.69. The summed E-state index contributed by atoms with van der Waals surface area (Å²) < 4.78 is 0. The molecule has 0 amide bonds. The van der Waals surface area contributed by atoms with Crippen LogP contribution in [0.4, 0.5) is 5.69 Å². The number of hydrogen-bond donors (Lipinski definition) is 2. The molecule has 19 heavy (non-hydrogen) atoms. The molecule has 0 bridgehead atoms. The Balaban J connectivity index is 2.00. The van der Waals surface area contributed by atoms with Crippen LogP contribution in [0.2, 0.25) is 0 Å². The SMILES string of the molecule is CC(CC#N)N(C)CCc1nc2ccc(N)cc2[nH]1. The van der Waals surface area contributed by atoms with E-state index in [2.05, 4.69) is 27.9 Å². The molecule has 1 aromatic carbocycles. The van der Waals surface area contributed by atoms with E-state index in [4.69, 9.17) is 11.0 Å². The van der Waals surface area contributed by atoms with E-state index in [0.717, 1.165) is 35.5 Å². The number of nitrogens with zero attached hydrogens (tertiary/aromatic N) is 3. The summed E-state index contributed by atoms with van der Waals surface area (Å²) in [6, 6.07) is 8.14. The molecule has 1 atom stereocenters. The molecular formula is C14H19N5. The molecule has 1 unspecified atom stereocenters. The Bertz CT molecular complexity index is 595. The lowest BCUT2D eigenvalue weighted by Gasteiger charge is -2.21. The summed E-state index contributed by atoms with van der Waals surface area (Å²) >= 11 is 0. The number of likely N-dealkylation sites (N-methyl/N-ethyl adjacent to an activating group) is 1. The van der Waals surface area contributed by atoms with Crippen LogP contribution in [-0.4, -0.2) is 34.5 Å². The van der Waals surface area contributed by atoms with E-state index in [0.29, 0.717) is 6.42 Å². The van der Waals surface area contributed by atoms with Crippen molar-refractivity contribution < 1.29 is 0 Å². The summed E-state index contributed by atoms with van der Waals surface area (Å²) in [5, 5.41) is 8.69. The van der Waals surface area contributed by atoms with Crippen molar-refractivity contribution in [3.05, 3.63) is 24.0 Å². The highest BCUT2D eigenvalue weighted by molar-refractivity contribution is 5.78. The van der Waals surface area contributed by atoms with Gasteiger partial charge in [0.05, 0.1) is 23.5 Å². The van der Waals surface area contributed by atoms with Crippen LogP contribution in [0.1, 0.15) is 19.2 Å². The molecule has 0 aliphatic heterocycles. The number of nitrogens with two attached hydrogens (primary N) is 1. The largest absolute Gasteiger partial charge is 0.399 e. The number of hydrogen-bond acceptors (Lipinski definition) is 4. The van der Waals surface area contributed by atoms with Crippen molar-refractivity contribution in [3.8, 4) is 6.07 Å². The van der Waals surface area contributed by atoms with E-state index in [1.165, 1.54) is 0 Å². The van der Waals surface area contributed by atoms with Crippen LogP contribution in [0.15, 0.2) is 18.2 Å². The second-order valence-electron chi connectivity index (χ2n) is 4.90. The van der Waals surface area contributed by atoms with Gasteiger partial charge < -0.3 is 15.6 Å². The number of fused-ring (bicyclic) bond motifs is 1. The molecule has 1 heterocycles. The second-order valence-corrected chi connectivity index (χ2v) is 4.90. The molecule has 0 radical (unpaired) electrons. The minimum atomic E-state index is 0.269. The highest BCUT2D eigenvalue weighted by Gasteiger charge is 2.10. The van der Waals surface area contributed by atoms with Crippen LogP contribution in [0, 0.1) is 11.3 Å². The van der Waals surface area contributed by atoms with Gasteiger partial charge in [-0.05, 0) is 32.2 Å². The molecule has 3 N–H and O–H groups in total. The van der Waals surface area contributed by atoms with E-state index in [1.54, 1.807) is 0 Å². The van der Waals surface area contributed by atoms with Gasteiger partial charge in [-0.25, -0.2) is 4.98 Å². The fraction of sp³-hybridized carbons (Fsp3) is 0.429. The van der Waals surface area contributed by atoms with Gasteiger partial charge in [-0.3, -0.25) is 0 Å². The first-order valence-electron chi connectivity index (χ1n) is 6.41. The molecule has 5 nitrogen and oxygen atoms in total. The first-order valence-corrected chi connectivity index (χ1v) is 6.41. The van der Waals surface area contributed by atoms with E-state index in [9.17, 15) is 0 Å². The number of H-pyrrole nitrogens is 1. The molecule has 0 saturated heterocycles. The molecule has 0 aliphatic carbocycles. The number of aromatic nitrogens is 2. The fourth-order valence-electron chi connectivity index (χ4n) is 1.99. The lowest BCUT2D eigenvalue weighted by atomic mass is 10.2. The zero-order chi connectivity index (χ0) is 13.8. The number of imidazole rings is 1. The number of aromatic amines is 1. The van der Waals surface area contributed by atoms with Crippen molar-refractivity contribution >= 4 is 16.7 Å². The molecule has 2 aromatic rings. The molecule has 0 saturated carbocycles. The monoisotopic (exact) mass is 257 g/mol. The lowest BCUT2D eigenvalue weighted by molar-refractivity contribution is 0.262. The van der Waals surface area contributed by atoms with Gasteiger partial charge in [0.2, 0.25) is 0 Å². The first kappa shape index (κ1) is 13.4. The minimum Gasteiger partial charge on any atom is -0.399 e. The highest BCUT2D eigenvalue weighted by Crippen LogP contribution is 2.15. The third-order valence-corrected chi connectivity index (χ3v) is 3.40. The van der Waals surface area contributed by atoms with Gasteiger partial charge in [0.1, 0.15) is 5.82 Å². The minimum absolute atomic E-state index is 0.269. The third kappa shape index (κ3) is 3.24. The molecule has 100 valence electrons. The lowest BCUT2D eigenvalue weighted by Crippen LogP contribution is -2.30. The standard InChI is InChI=1S/C14H19N5/c1-10(5-7-15)19(2)8-6-14-17-12-4-3-11(16)9-13(12)18-14/h3-4,9-10H,5-6,8,16H2,1-2H3,(H,17,18). The summed E-state index contributed by atoms with van der Waals surface area (Å²) in [6.45, 7) is 2.93. The number of nitriles is 1. The van der Waals surface area contributed by atoms with Gasteiger partial charge >= 0.3 is 0 Å². The van der Waals surface area contributed by atoms with E-state index >= 15 is 0 Å². The van der Waals surface area contributed by atoms with Gasteiger partial charge in [0.15, 0.2) is 0 Å². The van der Waals surface area contributed by atoms with Gasteiger partial charge in [-0.15, -0.1) is 0 Å². The molecule has 0 fully saturated rings. The summed E-state index contributed by atoms with van der Waals surface area (Å²) in [5.74, 6) is 0.955. The first-order chi connectivity index (χ1) is 9.10. The van der Waals surface area contributed by atoms with Crippen LogP contribution >= 0.6 is 0 Å². The molecule has 1 aromatic heterocycles. The van der Waals surface area contributed by atoms with Crippen molar-refractivity contribution in [3.63, 3.8) is 0 Å². The summed E-state index contributed by atoms with van der Waals surface area (Å²) in [4.78, 5) is 9.98. The quantitative estimate of drug-likeness (QED) is 0.802. The Kier molecular flexibility index (Phi) is 4.03. The van der Waals surface area contributed by atoms with E-state index in [1.807, 2.05) is 25.2 Å². The Labute approximate surface area is 113 Å². The predicted molar refractivity (Wildman–Crippen MR) is 76.5 cm³/mol. The molecular weight excluding hydrogens is 238 g/mol. The van der Waals surface area contributed by atoms with Crippen molar-refractivity contribution in [1.29, 1.82) is 5.26 Å². The number of nitrogens with one attached hydrogen (secondary N) is 1. The highest BCUT2D eigenvalue weighted by atomic mass is 15.1. The Morgan fingerprint density at radius 3 is 3.05 bits per heavy atom. The van der Waals surface area contributed by atoms with Crippen molar-refractivity contribution in [1.82, 2.24) is 14.9 Å². The van der Waals surface area contributed by atoms with Crippen molar-refractivity contribution in [2.24, 2.45) is 0 Å². The molecule has 0 aliphatic rings. The van der Waals surface area contributed by atoms with Crippen molar-refractivity contribution in [2.75, 3.05) is 19.3 Å². The topological polar surface area (TPSA) is 81.7 Å². The van der Waals surface area contributed by atoms with Crippen LogP contribution < -0.4 is 5.73 Å². The van der Waals surface area contributed by atoms with Crippen molar-refractivity contribution in [2.45, 2.75) is 25.8 Å². The number of rotatable bonds is 5. The maximum Gasteiger partial charge on any atom is 0.108 e. The number of benzene rings is 1. The summed E-state index contributed by atoms with van der Waals surface area (Å²) in [7, 11) is 2.03. The Morgan fingerprint density at radius 1 is 1.53 bits per heavy atom. The van der Waals surface area contributed by atoms with Crippen LogP contribution in [0.5, 0.6) is 0 Å².